The van der Waals surface area contributed by atoms with Crippen LogP contribution in [0.15, 0.2) is 30.8 Å². The minimum Gasteiger partial charge on any atom is -0.463 e. The molecule has 0 saturated heterocycles. The van der Waals surface area contributed by atoms with E-state index in [4.69, 9.17) is 13.7 Å². The largest absolute Gasteiger partial charge is 0.463 e. The quantitative estimate of drug-likeness (QED) is 0.524. The monoisotopic (exact) mass is 424 g/mol. The van der Waals surface area contributed by atoms with E-state index in [1.54, 1.807) is 19.9 Å². The first kappa shape index (κ1) is 20.5. The van der Waals surface area contributed by atoms with Gasteiger partial charge in [-0.25, -0.2) is 4.79 Å². The Balaban J connectivity index is 1.60. The molecule has 28 heavy (non-hydrogen) atoms. The fraction of sp³-hybridized carbons (Fsp3) is 0.471. The number of nitrogens with one attached hydrogen (secondary N) is 1. The molecule has 150 valence electrons. The Morgan fingerprint density at radius 3 is 2.82 bits per heavy atom. The summed E-state index contributed by atoms with van der Waals surface area (Å²) in [5, 5.41) is 15.4. The number of thioether (sulfide) groups is 2. The molecule has 1 aliphatic heterocycles. The van der Waals surface area contributed by atoms with Gasteiger partial charge >= 0.3 is 5.97 Å². The van der Waals surface area contributed by atoms with Gasteiger partial charge in [-0.1, -0.05) is 30.8 Å². The van der Waals surface area contributed by atoms with Crippen molar-refractivity contribution in [3.05, 3.63) is 22.4 Å². The van der Waals surface area contributed by atoms with Gasteiger partial charge in [-0.3, -0.25) is 4.79 Å². The summed E-state index contributed by atoms with van der Waals surface area (Å²) in [4.78, 5) is 24.6. The summed E-state index contributed by atoms with van der Waals surface area (Å²) in [6.07, 6.45) is 0. The van der Waals surface area contributed by atoms with Crippen LogP contribution in [0.4, 0.5) is 0 Å². The number of esters is 1. The van der Waals surface area contributed by atoms with Gasteiger partial charge in [0.1, 0.15) is 5.76 Å². The minimum atomic E-state index is -0.390. The van der Waals surface area contributed by atoms with Crippen LogP contribution in [0.25, 0.3) is 11.6 Å². The van der Waals surface area contributed by atoms with Gasteiger partial charge in [0.2, 0.25) is 5.91 Å². The lowest BCUT2D eigenvalue weighted by atomic mass is 9.99. The van der Waals surface area contributed by atoms with E-state index in [1.807, 2.05) is 13.8 Å². The molecular weight excluding hydrogens is 404 g/mol. The fourth-order valence-electron chi connectivity index (χ4n) is 2.51. The molecule has 0 unspecified atom stereocenters. The van der Waals surface area contributed by atoms with Crippen molar-refractivity contribution in [2.24, 2.45) is 5.92 Å². The molecule has 2 aromatic rings. The van der Waals surface area contributed by atoms with Crippen molar-refractivity contribution in [3.8, 4) is 11.6 Å². The summed E-state index contributed by atoms with van der Waals surface area (Å²) >= 11 is 2.55. The van der Waals surface area contributed by atoms with Gasteiger partial charge in [0.25, 0.3) is 11.1 Å². The van der Waals surface area contributed by atoms with Crippen molar-refractivity contribution in [3.63, 3.8) is 0 Å². The van der Waals surface area contributed by atoms with Crippen LogP contribution in [0, 0.1) is 12.8 Å². The van der Waals surface area contributed by atoms with Gasteiger partial charge in [0, 0.05) is 17.2 Å². The average molecular weight is 425 g/mol. The van der Waals surface area contributed by atoms with Crippen LogP contribution in [0.5, 0.6) is 0 Å². The minimum absolute atomic E-state index is 0.00332. The number of ether oxygens (including phenoxy) is 1. The molecule has 0 aromatic carbocycles. The third-order valence-electron chi connectivity index (χ3n) is 4.04. The lowest BCUT2D eigenvalue weighted by molar-refractivity contribution is -0.139. The molecule has 0 bridgehead atoms. The van der Waals surface area contributed by atoms with E-state index in [0.717, 1.165) is 11.8 Å². The fourth-order valence-corrected chi connectivity index (χ4v) is 4.35. The first-order valence-corrected chi connectivity index (χ1v) is 10.5. The second-order valence-corrected chi connectivity index (χ2v) is 8.42. The van der Waals surface area contributed by atoms with Crippen LogP contribution in [0.1, 0.15) is 26.5 Å². The molecule has 1 aliphatic rings. The van der Waals surface area contributed by atoms with Gasteiger partial charge in [0.05, 0.1) is 23.0 Å². The Hall–Kier alpha value is -2.27. The van der Waals surface area contributed by atoms with Crippen LogP contribution in [0.2, 0.25) is 0 Å². The van der Waals surface area contributed by atoms with Crippen LogP contribution >= 0.6 is 23.5 Å². The van der Waals surface area contributed by atoms with Crippen molar-refractivity contribution < 1.29 is 23.3 Å². The third kappa shape index (κ3) is 4.58. The zero-order chi connectivity index (χ0) is 20.3. The summed E-state index contributed by atoms with van der Waals surface area (Å²) in [7, 11) is 0. The highest BCUT2D eigenvalue weighted by Gasteiger charge is 2.35. The number of aryl methyl sites for hydroxylation is 1. The number of amides is 1. The number of carbonyl (C=O) groups is 2. The highest BCUT2D eigenvalue weighted by Crippen LogP contribution is 2.41. The number of nitrogens with zero attached hydrogens (tertiary/aromatic N) is 3. The highest BCUT2D eigenvalue weighted by atomic mass is 32.2. The molecule has 0 radical (unpaired) electrons. The lowest BCUT2D eigenvalue weighted by Crippen LogP contribution is -2.25. The molecule has 1 N–H and O–H groups in total. The number of rotatable bonds is 7. The molecule has 0 aliphatic carbocycles. The Labute approximate surface area is 170 Å². The van der Waals surface area contributed by atoms with Crippen LogP contribution < -0.4 is 5.32 Å². The Morgan fingerprint density at radius 2 is 2.14 bits per heavy atom. The summed E-state index contributed by atoms with van der Waals surface area (Å²) in [5.41, 5.74) is 0.954. The molecule has 3 heterocycles. The van der Waals surface area contributed by atoms with Crippen molar-refractivity contribution in [2.75, 3.05) is 12.4 Å². The SMILES string of the molecule is CCOC(=O)C1=C(NC(=O)CSc2nnc(-c3cc(C)on3)o2)S[C@H](C)[C@H]1C. The maximum Gasteiger partial charge on any atom is 0.336 e. The molecule has 11 heteroatoms. The summed E-state index contributed by atoms with van der Waals surface area (Å²) < 4.78 is 15.6. The Bertz CT molecular complexity index is 907. The molecule has 0 fully saturated rings. The van der Waals surface area contributed by atoms with Crippen molar-refractivity contribution >= 4 is 35.4 Å². The second kappa shape index (κ2) is 8.82. The molecular formula is C17H20N4O5S2. The Kier molecular flexibility index (Phi) is 6.45. The molecule has 0 spiro atoms. The van der Waals surface area contributed by atoms with E-state index in [0.29, 0.717) is 22.1 Å². The van der Waals surface area contributed by atoms with E-state index in [-0.39, 0.29) is 46.5 Å². The molecule has 2 aromatic heterocycles. The van der Waals surface area contributed by atoms with Crippen LogP contribution in [-0.2, 0) is 14.3 Å². The van der Waals surface area contributed by atoms with Crippen molar-refractivity contribution in [1.82, 2.24) is 20.7 Å². The number of carbonyl (C=O) groups excluding carboxylic acids is 2. The van der Waals surface area contributed by atoms with Crippen LogP contribution in [0.3, 0.4) is 0 Å². The standard InChI is InChI=1S/C17H20N4O5S2/c1-5-24-16(23)13-9(3)10(4)28-15(13)18-12(22)7-27-17-20-19-14(25-17)11-6-8(2)26-21-11/h6,9-10H,5,7H2,1-4H3,(H,18,22)/t9-,10-/m1/s1. The normalized spacial score (nSPS) is 19.1. The van der Waals surface area contributed by atoms with Gasteiger partial charge in [-0.05, 0) is 13.8 Å². The molecule has 9 nitrogen and oxygen atoms in total. The zero-order valence-corrected chi connectivity index (χ0v) is 17.5. The van der Waals surface area contributed by atoms with Gasteiger partial charge in [0.15, 0.2) is 5.69 Å². The number of hydrogen-bond acceptors (Lipinski definition) is 10. The van der Waals surface area contributed by atoms with Crippen molar-refractivity contribution in [2.45, 2.75) is 38.2 Å². The average Bonchev–Trinajstić information content (AvgIpc) is 3.34. The van der Waals surface area contributed by atoms with E-state index in [1.165, 1.54) is 11.8 Å². The maximum absolute atomic E-state index is 12.3. The summed E-state index contributed by atoms with van der Waals surface area (Å²) in [6, 6.07) is 1.68. The van der Waals surface area contributed by atoms with Crippen molar-refractivity contribution in [1.29, 1.82) is 0 Å². The predicted molar refractivity (Wildman–Crippen MR) is 103 cm³/mol. The van der Waals surface area contributed by atoms with E-state index in [9.17, 15) is 9.59 Å². The highest BCUT2D eigenvalue weighted by molar-refractivity contribution is 8.04. The van der Waals surface area contributed by atoms with Gasteiger partial charge in [-0.2, -0.15) is 0 Å². The van der Waals surface area contributed by atoms with Gasteiger partial charge < -0.3 is 19.0 Å². The summed E-state index contributed by atoms with van der Waals surface area (Å²) in [5.74, 6) is 0.247. The smallest absolute Gasteiger partial charge is 0.336 e. The maximum atomic E-state index is 12.3. The first-order valence-electron chi connectivity index (χ1n) is 8.66. The van der Waals surface area contributed by atoms with E-state index < -0.39 is 0 Å². The number of hydrogen-bond donors (Lipinski definition) is 1. The predicted octanol–water partition coefficient (Wildman–Crippen LogP) is 2.79. The first-order chi connectivity index (χ1) is 13.4. The molecule has 1 amide bonds. The molecule has 3 rings (SSSR count). The van der Waals surface area contributed by atoms with Crippen LogP contribution in [-0.4, -0.2) is 44.8 Å². The topological polar surface area (TPSA) is 120 Å². The number of aromatic nitrogens is 3. The molecule has 2 atom stereocenters. The second-order valence-electron chi connectivity index (χ2n) is 6.11. The third-order valence-corrected chi connectivity index (χ3v) is 6.19. The van der Waals surface area contributed by atoms with Gasteiger partial charge in [-0.15, -0.1) is 22.0 Å². The molecule has 0 saturated carbocycles. The zero-order valence-electron chi connectivity index (χ0n) is 15.8. The lowest BCUT2D eigenvalue weighted by Gasteiger charge is -2.11. The van der Waals surface area contributed by atoms with E-state index >= 15 is 0 Å². The van der Waals surface area contributed by atoms with E-state index in [2.05, 4.69) is 20.7 Å². The Morgan fingerprint density at radius 1 is 1.36 bits per heavy atom. The summed E-state index contributed by atoms with van der Waals surface area (Å²) in [6.45, 7) is 7.75.